The minimum atomic E-state index is -0.290. The predicted molar refractivity (Wildman–Crippen MR) is 60.7 cm³/mol. The molecular weight excluding hydrogens is 282 g/mol. The van der Waals surface area contributed by atoms with Gasteiger partial charge in [0.1, 0.15) is 11.6 Å². The highest BCUT2D eigenvalue weighted by molar-refractivity contribution is 9.10. The molecule has 1 atom stereocenters. The molecule has 0 saturated heterocycles. The monoisotopic (exact) mass is 291 g/mol. The van der Waals surface area contributed by atoms with Gasteiger partial charge in [-0.25, -0.2) is 4.98 Å². The van der Waals surface area contributed by atoms with Crippen molar-refractivity contribution in [1.29, 1.82) is 0 Å². The first-order valence-corrected chi connectivity index (χ1v) is 6.41. The second-order valence-electron chi connectivity index (χ2n) is 3.02. The van der Waals surface area contributed by atoms with E-state index >= 15 is 0 Å². The Morgan fingerprint density at radius 2 is 2.53 bits per heavy atom. The van der Waals surface area contributed by atoms with Crippen LogP contribution < -0.4 is 9.47 Å². The average molecular weight is 292 g/mol. The summed E-state index contributed by atoms with van der Waals surface area (Å²) in [6.45, 7) is 0.302. The summed E-state index contributed by atoms with van der Waals surface area (Å²) in [6.07, 6.45) is 1.65. The van der Waals surface area contributed by atoms with Gasteiger partial charge in [0.2, 0.25) is 0 Å². The second-order valence-corrected chi connectivity index (χ2v) is 4.59. The number of fused-ring (bicyclic) bond motifs is 1. The molecule has 15 heavy (non-hydrogen) atoms. The number of aromatic nitrogens is 1. The van der Waals surface area contributed by atoms with Crippen LogP contribution in [0.5, 0.6) is 11.5 Å². The molecule has 1 aromatic heterocycles. The molecule has 2 heterocycles. The largest absolute Gasteiger partial charge is 0.483 e. The number of rotatable bonds is 2. The maximum atomic E-state index is 8.97. The van der Waals surface area contributed by atoms with Crippen molar-refractivity contribution in [3.8, 4) is 11.5 Å². The molecule has 0 saturated carbocycles. The molecule has 0 spiro atoms. The molecule has 0 amide bonds. The van der Waals surface area contributed by atoms with Crippen LogP contribution in [-0.4, -0.2) is 35.7 Å². The minimum absolute atomic E-state index is 0.0476. The molecule has 0 fully saturated rings. The van der Waals surface area contributed by atoms with Crippen molar-refractivity contribution in [2.24, 2.45) is 0 Å². The fraction of sp³-hybridized carbons (Fsp3) is 0.444. The zero-order valence-electron chi connectivity index (χ0n) is 8.07. The highest BCUT2D eigenvalue weighted by Gasteiger charge is 2.23. The van der Waals surface area contributed by atoms with Gasteiger partial charge in [-0.15, -0.1) is 11.8 Å². The topological polar surface area (TPSA) is 51.6 Å². The van der Waals surface area contributed by atoms with Gasteiger partial charge >= 0.3 is 0 Å². The number of hydrogen-bond acceptors (Lipinski definition) is 5. The average Bonchev–Trinajstić information content (AvgIpc) is 2.28. The Balaban J connectivity index is 2.35. The minimum Gasteiger partial charge on any atom is -0.483 e. The molecule has 82 valence electrons. The van der Waals surface area contributed by atoms with Crippen molar-refractivity contribution < 1.29 is 14.6 Å². The van der Waals surface area contributed by atoms with E-state index in [9.17, 15) is 0 Å². The van der Waals surface area contributed by atoms with E-state index in [0.29, 0.717) is 22.7 Å². The summed E-state index contributed by atoms with van der Waals surface area (Å²) in [7, 11) is 0. The molecule has 0 aromatic carbocycles. The number of halogens is 1. The Morgan fingerprint density at radius 3 is 3.20 bits per heavy atom. The van der Waals surface area contributed by atoms with Gasteiger partial charge in [-0.05, 0) is 22.2 Å². The van der Waals surface area contributed by atoms with Crippen LogP contribution in [0, 0.1) is 0 Å². The van der Waals surface area contributed by atoms with Crippen molar-refractivity contribution in [1.82, 2.24) is 4.98 Å². The molecule has 2 rings (SSSR count). The lowest BCUT2D eigenvalue weighted by atomic mass is 10.3. The standard InChI is InChI=1S/C9H10BrNO3S/c1-15-7-2-6-8(9(10)11-7)13-4-5(3-12)14-6/h2,5,12H,3-4H2,1H3. The van der Waals surface area contributed by atoms with Crippen molar-refractivity contribution in [3.05, 3.63) is 10.7 Å². The number of thioether (sulfide) groups is 1. The molecular formula is C9H10BrNO3S. The third kappa shape index (κ3) is 2.21. The van der Waals surface area contributed by atoms with Crippen LogP contribution in [0.1, 0.15) is 0 Å². The van der Waals surface area contributed by atoms with Crippen LogP contribution in [0.4, 0.5) is 0 Å². The summed E-state index contributed by atoms with van der Waals surface area (Å²) >= 11 is 4.85. The molecule has 1 unspecified atom stereocenters. The van der Waals surface area contributed by atoms with Crippen LogP contribution in [0.2, 0.25) is 0 Å². The molecule has 6 heteroatoms. The van der Waals surface area contributed by atoms with Gasteiger partial charge in [0.25, 0.3) is 0 Å². The third-order valence-electron chi connectivity index (χ3n) is 1.99. The second kappa shape index (κ2) is 4.59. The first-order valence-electron chi connectivity index (χ1n) is 4.39. The first kappa shape index (κ1) is 11.0. The maximum absolute atomic E-state index is 8.97. The quantitative estimate of drug-likeness (QED) is 0.664. The summed E-state index contributed by atoms with van der Waals surface area (Å²) in [4.78, 5) is 4.27. The number of nitrogens with zero attached hydrogens (tertiary/aromatic N) is 1. The van der Waals surface area contributed by atoms with E-state index in [2.05, 4.69) is 20.9 Å². The fourth-order valence-corrected chi connectivity index (χ4v) is 2.29. The van der Waals surface area contributed by atoms with Crippen LogP contribution >= 0.6 is 27.7 Å². The Morgan fingerprint density at radius 1 is 1.73 bits per heavy atom. The van der Waals surface area contributed by atoms with Crippen LogP contribution in [0.15, 0.2) is 15.7 Å². The highest BCUT2D eigenvalue weighted by atomic mass is 79.9. The number of pyridine rings is 1. The molecule has 1 N–H and O–H groups in total. The van der Waals surface area contributed by atoms with Gasteiger partial charge in [-0.1, -0.05) is 0 Å². The number of ether oxygens (including phenoxy) is 2. The molecule has 0 radical (unpaired) electrons. The normalized spacial score (nSPS) is 19.0. The van der Waals surface area contributed by atoms with Crippen LogP contribution in [0.25, 0.3) is 0 Å². The molecule has 0 bridgehead atoms. The maximum Gasteiger partial charge on any atom is 0.194 e. The number of hydrogen-bond donors (Lipinski definition) is 1. The van der Waals surface area contributed by atoms with E-state index in [1.54, 1.807) is 0 Å². The fourth-order valence-electron chi connectivity index (χ4n) is 1.26. The lowest BCUT2D eigenvalue weighted by molar-refractivity contribution is 0.0443. The van der Waals surface area contributed by atoms with Gasteiger partial charge in [0.15, 0.2) is 22.2 Å². The van der Waals surface area contributed by atoms with E-state index in [0.717, 1.165) is 5.03 Å². The Bertz CT molecular complexity index is 375. The highest BCUT2D eigenvalue weighted by Crippen LogP contribution is 2.39. The zero-order chi connectivity index (χ0) is 10.8. The third-order valence-corrected chi connectivity index (χ3v) is 3.16. The van der Waals surface area contributed by atoms with Crippen molar-refractivity contribution in [2.75, 3.05) is 19.5 Å². The molecule has 0 aliphatic carbocycles. The summed E-state index contributed by atoms with van der Waals surface area (Å²) in [5.74, 6) is 1.24. The van der Waals surface area contributed by atoms with E-state index in [1.807, 2.05) is 12.3 Å². The van der Waals surface area contributed by atoms with Crippen LogP contribution in [0.3, 0.4) is 0 Å². The molecule has 1 aliphatic heterocycles. The molecule has 4 nitrogen and oxygen atoms in total. The van der Waals surface area contributed by atoms with Gasteiger partial charge in [0, 0.05) is 6.07 Å². The van der Waals surface area contributed by atoms with Crippen molar-refractivity contribution in [3.63, 3.8) is 0 Å². The first-order chi connectivity index (χ1) is 7.24. The Kier molecular flexibility index (Phi) is 3.38. The summed E-state index contributed by atoms with van der Waals surface area (Å²) in [5, 5.41) is 9.82. The Hall–Kier alpha value is -0.460. The van der Waals surface area contributed by atoms with Gasteiger partial charge in [-0.3, -0.25) is 0 Å². The lowest BCUT2D eigenvalue weighted by Crippen LogP contribution is -2.32. The van der Waals surface area contributed by atoms with Crippen molar-refractivity contribution in [2.45, 2.75) is 11.1 Å². The van der Waals surface area contributed by atoms with Crippen LogP contribution in [-0.2, 0) is 0 Å². The summed E-state index contributed by atoms with van der Waals surface area (Å²) < 4.78 is 11.6. The van der Waals surface area contributed by atoms with Gasteiger partial charge in [-0.2, -0.15) is 0 Å². The number of aliphatic hydroxyl groups excluding tert-OH is 1. The summed E-state index contributed by atoms with van der Waals surface area (Å²) in [5.41, 5.74) is 0. The lowest BCUT2D eigenvalue weighted by Gasteiger charge is -2.25. The van der Waals surface area contributed by atoms with Gasteiger partial charge in [0.05, 0.1) is 6.61 Å². The summed E-state index contributed by atoms with van der Waals surface area (Å²) in [6, 6.07) is 1.81. The van der Waals surface area contributed by atoms with Gasteiger partial charge < -0.3 is 14.6 Å². The van der Waals surface area contributed by atoms with E-state index in [4.69, 9.17) is 14.6 Å². The SMILES string of the molecule is CSc1cc2c(c(Br)n1)OCC(CO)O2. The molecule has 1 aliphatic rings. The Labute approximate surface area is 100 Å². The smallest absolute Gasteiger partial charge is 0.194 e. The van der Waals surface area contributed by atoms with E-state index in [-0.39, 0.29) is 12.7 Å². The number of aliphatic hydroxyl groups is 1. The van der Waals surface area contributed by atoms with Crippen molar-refractivity contribution >= 4 is 27.7 Å². The van der Waals surface area contributed by atoms with E-state index in [1.165, 1.54) is 11.8 Å². The van der Waals surface area contributed by atoms with E-state index < -0.39 is 0 Å². The molecule has 1 aromatic rings. The predicted octanol–water partition coefficient (Wildman–Crippen LogP) is 1.70. The zero-order valence-corrected chi connectivity index (χ0v) is 10.5.